The van der Waals surface area contributed by atoms with E-state index in [2.05, 4.69) is 4.74 Å². The summed E-state index contributed by atoms with van der Waals surface area (Å²) in [5.41, 5.74) is 1.32. The van der Waals surface area contributed by atoms with E-state index in [1.54, 1.807) is 6.92 Å². The van der Waals surface area contributed by atoms with Crippen molar-refractivity contribution in [2.24, 2.45) is 0 Å². The molecule has 0 bridgehead atoms. The van der Waals surface area contributed by atoms with E-state index in [4.69, 9.17) is 14.2 Å². The van der Waals surface area contributed by atoms with Crippen molar-refractivity contribution in [3.05, 3.63) is 35.1 Å². The predicted octanol–water partition coefficient (Wildman–Crippen LogP) is 2.49. The Labute approximate surface area is 125 Å². The van der Waals surface area contributed by atoms with E-state index < -0.39 is 17.4 Å². The Morgan fingerprint density at radius 1 is 1.24 bits per heavy atom. The Hall–Kier alpha value is -1.59. The number of allylic oxidation sites excluding steroid dienone is 1. The van der Waals surface area contributed by atoms with Crippen molar-refractivity contribution < 1.29 is 23.7 Å². The molecule has 1 spiro atoms. The van der Waals surface area contributed by atoms with Crippen molar-refractivity contribution in [2.45, 2.75) is 39.1 Å². The second-order valence-electron chi connectivity index (χ2n) is 5.49. The molecule has 5 heteroatoms. The summed E-state index contributed by atoms with van der Waals surface area (Å²) in [5.74, 6) is -0.708. The van der Waals surface area contributed by atoms with Crippen LogP contribution in [0, 0.1) is 0 Å². The van der Waals surface area contributed by atoms with Gasteiger partial charge < -0.3 is 18.9 Å². The molecule has 1 aliphatic carbocycles. The van der Waals surface area contributed by atoms with Gasteiger partial charge in [-0.25, -0.2) is 4.79 Å². The maximum absolute atomic E-state index is 11.3. The SMILES string of the molecule is COC(=O)/C=C(/C)OC1(C)C(C)=CC2(C=C1C)OCCO2. The summed E-state index contributed by atoms with van der Waals surface area (Å²) in [6.45, 7) is 8.78. The van der Waals surface area contributed by atoms with Crippen molar-refractivity contribution in [3.63, 3.8) is 0 Å². The van der Waals surface area contributed by atoms with Crippen LogP contribution >= 0.6 is 0 Å². The Balaban J connectivity index is 2.25. The Morgan fingerprint density at radius 2 is 1.76 bits per heavy atom. The number of esters is 1. The molecule has 0 saturated carbocycles. The molecule has 0 aromatic rings. The maximum atomic E-state index is 11.3. The quantitative estimate of drug-likeness (QED) is 0.346. The summed E-state index contributed by atoms with van der Waals surface area (Å²) in [4.78, 5) is 11.3. The lowest BCUT2D eigenvalue weighted by molar-refractivity contribution is -0.135. The molecule has 0 aromatic heterocycles. The van der Waals surface area contributed by atoms with Gasteiger partial charge in [0.2, 0.25) is 5.79 Å². The molecule has 21 heavy (non-hydrogen) atoms. The first-order valence-electron chi connectivity index (χ1n) is 6.94. The van der Waals surface area contributed by atoms with Crippen LogP contribution < -0.4 is 0 Å². The maximum Gasteiger partial charge on any atom is 0.333 e. The molecule has 116 valence electrons. The molecule has 1 fully saturated rings. The van der Waals surface area contributed by atoms with Gasteiger partial charge in [0.1, 0.15) is 11.4 Å². The van der Waals surface area contributed by atoms with Gasteiger partial charge in [0, 0.05) is 0 Å². The number of carbonyl (C=O) groups is 1. The van der Waals surface area contributed by atoms with Crippen molar-refractivity contribution in [2.75, 3.05) is 20.3 Å². The molecule has 1 heterocycles. The fourth-order valence-electron chi connectivity index (χ4n) is 2.58. The van der Waals surface area contributed by atoms with E-state index in [1.807, 2.05) is 32.9 Å². The lowest BCUT2D eigenvalue weighted by atomic mass is 9.82. The van der Waals surface area contributed by atoms with E-state index in [0.29, 0.717) is 19.0 Å². The zero-order chi connectivity index (χ0) is 15.7. The number of hydrogen-bond donors (Lipinski definition) is 0. The second-order valence-corrected chi connectivity index (χ2v) is 5.49. The van der Waals surface area contributed by atoms with Crippen molar-refractivity contribution in [1.82, 2.24) is 0 Å². The third kappa shape index (κ3) is 3.04. The van der Waals surface area contributed by atoms with Gasteiger partial charge in [0.15, 0.2) is 0 Å². The van der Waals surface area contributed by atoms with Crippen LogP contribution in [0.4, 0.5) is 0 Å². The normalized spacial score (nSPS) is 23.6. The zero-order valence-electron chi connectivity index (χ0n) is 13.2. The van der Waals surface area contributed by atoms with Crippen LogP contribution in [0.3, 0.4) is 0 Å². The zero-order valence-corrected chi connectivity index (χ0v) is 13.2. The van der Waals surface area contributed by atoms with Gasteiger partial charge in [-0.1, -0.05) is 0 Å². The summed E-state index contributed by atoms with van der Waals surface area (Å²) in [6, 6.07) is 0. The summed E-state index contributed by atoms with van der Waals surface area (Å²) < 4.78 is 22.0. The highest BCUT2D eigenvalue weighted by molar-refractivity contribution is 5.82. The first-order valence-corrected chi connectivity index (χ1v) is 6.94. The summed E-state index contributed by atoms with van der Waals surface area (Å²) in [5, 5.41) is 0. The highest BCUT2D eigenvalue weighted by atomic mass is 16.7. The van der Waals surface area contributed by atoms with Crippen molar-refractivity contribution >= 4 is 5.97 Å². The fraction of sp³-hybridized carbons (Fsp3) is 0.562. The monoisotopic (exact) mass is 294 g/mol. The number of ether oxygens (including phenoxy) is 4. The second kappa shape index (κ2) is 5.66. The van der Waals surface area contributed by atoms with Crippen LogP contribution in [0.5, 0.6) is 0 Å². The highest BCUT2D eigenvalue weighted by Crippen LogP contribution is 2.41. The molecule has 0 aromatic carbocycles. The van der Waals surface area contributed by atoms with Gasteiger partial charge in [0.05, 0.1) is 26.4 Å². The fourth-order valence-corrected chi connectivity index (χ4v) is 2.58. The first-order chi connectivity index (χ1) is 9.81. The molecule has 0 atom stereocenters. The molecule has 2 aliphatic rings. The van der Waals surface area contributed by atoms with E-state index in [9.17, 15) is 4.79 Å². The van der Waals surface area contributed by atoms with Gasteiger partial charge in [-0.3, -0.25) is 0 Å². The van der Waals surface area contributed by atoms with Gasteiger partial charge in [-0.15, -0.1) is 0 Å². The summed E-state index contributed by atoms with van der Waals surface area (Å²) >= 11 is 0. The molecule has 2 rings (SSSR count). The van der Waals surface area contributed by atoms with E-state index >= 15 is 0 Å². The molecule has 0 unspecified atom stereocenters. The Morgan fingerprint density at radius 3 is 2.24 bits per heavy atom. The first kappa shape index (κ1) is 15.8. The van der Waals surface area contributed by atoms with Crippen LogP contribution in [0.25, 0.3) is 0 Å². The van der Waals surface area contributed by atoms with Gasteiger partial charge in [0.25, 0.3) is 0 Å². The Kier molecular flexibility index (Phi) is 4.25. The van der Waals surface area contributed by atoms with Gasteiger partial charge in [-0.05, 0) is 51.0 Å². The molecule has 1 aliphatic heterocycles. The minimum Gasteiger partial charge on any atom is -0.483 e. The highest BCUT2D eigenvalue weighted by Gasteiger charge is 2.43. The van der Waals surface area contributed by atoms with Crippen LogP contribution in [0.15, 0.2) is 35.1 Å². The average Bonchev–Trinajstić information content (AvgIpc) is 2.84. The molecule has 5 nitrogen and oxygen atoms in total. The number of methoxy groups -OCH3 is 1. The van der Waals surface area contributed by atoms with E-state index in [1.165, 1.54) is 13.2 Å². The third-order valence-electron chi connectivity index (χ3n) is 3.97. The van der Waals surface area contributed by atoms with Crippen LogP contribution in [-0.4, -0.2) is 37.7 Å². The average molecular weight is 294 g/mol. The smallest absolute Gasteiger partial charge is 0.333 e. The topological polar surface area (TPSA) is 54.0 Å². The van der Waals surface area contributed by atoms with Crippen molar-refractivity contribution in [3.8, 4) is 0 Å². The van der Waals surface area contributed by atoms with Crippen molar-refractivity contribution in [1.29, 1.82) is 0 Å². The lowest BCUT2D eigenvalue weighted by Gasteiger charge is -2.39. The lowest BCUT2D eigenvalue weighted by Crippen LogP contribution is -2.40. The minimum atomic E-state index is -0.767. The largest absolute Gasteiger partial charge is 0.483 e. The molecule has 0 amide bonds. The Bertz CT molecular complexity index is 499. The van der Waals surface area contributed by atoms with Crippen LogP contribution in [0.2, 0.25) is 0 Å². The van der Waals surface area contributed by atoms with E-state index in [-0.39, 0.29) is 0 Å². The molecule has 0 N–H and O–H groups in total. The summed E-state index contributed by atoms with van der Waals surface area (Å²) in [7, 11) is 1.34. The van der Waals surface area contributed by atoms with Gasteiger partial charge >= 0.3 is 5.97 Å². The van der Waals surface area contributed by atoms with Crippen LogP contribution in [-0.2, 0) is 23.7 Å². The van der Waals surface area contributed by atoms with Gasteiger partial charge in [-0.2, -0.15) is 0 Å². The standard InChI is InChI=1S/C16H22O5/c1-11-9-16(19-6-7-20-16)10-12(2)15(11,4)21-13(3)8-14(17)18-5/h8-10H,6-7H2,1-5H3/b13-8-. The molecular formula is C16H22O5. The number of carbonyl (C=O) groups excluding carboxylic acids is 1. The minimum absolute atomic E-state index is 0.436. The predicted molar refractivity (Wildman–Crippen MR) is 77.4 cm³/mol. The number of hydrogen-bond acceptors (Lipinski definition) is 5. The number of rotatable bonds is 3. The third-order valence-corrected chi connectivity index (χ3v) is 3.97. The molecule has 1 saturated heterocycles. The summed E-state index contributed by atoms with van der Waals surface area (Å²) in [6.07, 6.45) is 5.19. The van der Waals surface area contributed by atoms with E-state index in [0.717, 1.165) is 11.1 Å². The van der Waals surface area contributed by atoms with Crippen LogP contribution in [0.1, 0.15) is 27.7 Å². The molecule has 0 radical (unpaired) electrons. The molecular weight excluding hydrogens is 272 g/mol.